The van der Waals surface area contributed by atoms with Crippen molar-refractivity contribution in [3.8, 4) is 0 Å². The molecule has 0 spiro atoms. The number of hydrogen-bond donors (Lipinski definition) is 5. The average Bonchev–Trinajstić information content (AvgIpc) is 3.57. The third-order valence-electron chi connectivity index (χ3n) is 4.84. The monoisotopic (exact) mass is 568 g/mol. The lowest BCUT2D eigenvalue weighted by Gasteiger charge is -2.06. The number of carboxylic acids is 2. The van der Waals surface area contributed by atoms with E-state index >= 15 is 0 Å². The molecule has 1 aliphatic heterocycles. The number of rotatable bonds is 4. The van der Waals surface area contributed by atoms with Crippen LogP contribution in [-0.4, -0.2) is 56.9 Å². The number of alkyl halides is 6. The number of nitrogens with one attached hydrogen (secondary N) is 3. The number of carboxylic acid groups (broad SMARTS) is 2. The van der Waals surface area contributed by atoms with Crippen LogP contribution in [0.4, 0.5) is 26.3 Å². The number of aryl methyl sites for hydroxylation is 1. The molecular weight excluding hydrogens is 546 g/mol. The number of nitrogens with zero attached hydrogens (tertiary/aromatic N) is 1. The molecule has 1 saturated heterocycles. The highest BCUT2D eigenvalue weighted by Gasteiger charge is 2.38. The summed E-state index contributed by atoms with van der Waals surface area (Å²) in [6.07, 6.45) is -7.81. The van der Waals surface area contributed by atoms with Crippen LogP contribution in [0, 0.1) is 6.92 Å². The number of aromatic amines is 1. The zero-order valence-corrected chi connectivity index (χ0v) is 20.4. The predicted molar refractivity (Wildman–Crippen MR) is 124 cm³/mol. The second-order valence-corrected chi connectivity index (χ2v) is 8.96. The Morgan fingerprint density at radius 1 is 1.05 bits per heavy atom. The lowest BCUT2D eigenvalue weighted by molar-refractivity contribution is -0.193. The van der Waals surface area contributed by atoms with Crippen molar-refractivity contribution in [3.63, 3.8) is 0 Å². The fourth-order valence-electron chi connectivity index (χ4n) is 3.10. The normalized spacial score (nSPS) is 15.2. The van der Waals surface area contributed by atoms with Gasteiger partial charge in [0.15, 0.2) is 0 Å². The first-order chi connectivity index (χ1) is 17.6. The molecule has 3 aromatic rings. The quantitative estimate of drug-likeness (QED) is 0.291. The van der Waals surface area contributed by atoms with Crippen molar-refractivity contribution >= 4 is 40.2 Å². The number of aliphatic carboxylic acids is 2. The average molecular weight is 568 g/mol. The molecule has 0 saturated carbocycles. The summed E-state index contributed by atoms with van der Waals surface area (Å²) in [4.78, 5) is 39.9. The number of carbonyl (C=O) groups excluding carboxylic acids is 1. The van der Waals surface area contributed by atoms with Crippen LogP contribution in [0.15, 0.2) is 30.3 Å². The number of carbonyl (C=O) groups is 3. The van der Waals surface area contributed by atoms with Gasteiger partial charge >= 0.3 is 24.3 Å². The van der Waals surface area contributed by atoms with E-state index < -0.39 is 24.3 Å². The van der Waals surface area contributed by atoms with Gasteiger partial charge < -0.3 is 25.8 Å². The van der Waals surface area contributed by atoms with Crippen LogP contribution >= 0.6 is 11.3 Å². The van der Waals surface area contributed by atoms with Crippen LogP contribution in [0.5, 0.6) is 0 Å². The molecule has 4 rings (SSSR count). The molecule has 1 amide bonds. The number of hydrogen-bond acceptors (Lipinski definition) is 6. The topological polar surface area (TPSA) is 144 Å². The summed E-state index contributed by atoms with van der Waals surface area (Å²) in [6, 6.07) is 10.5. The number of H-pyrrole nitrogens is 1. The van der Waals surface area contributed by atoms with Gasteiger partial charge in [-0.05, 0) is 56.1 Å². The van der Waals surface area contributed by atoms with Crippen molar-refractivity contribution in [3.05, 3.63) is 51.5 Å². The van der Waals surface area contributed by atoms with Crippen LogP contribution in [-0.2, 0) is 16.1 Å². The van der Waals surface area contributed by atoms with Gasteiger partial charge in [0.2, 0.25) is 0 Å². The van der Waals surface area contributed by atoms with E-state index in [4.69, 9.17) is 19.8 Å². The summed E-state index contributed by atoms with van der Waals surface area (Å²) in [5.41, 5.74) is 3.12. The Kier molecular flexibility index (Phi) is 10.2. The summed E-state index contributed by atoms with van der Waals surface area (Å²) >= 11 is 1.58. The SMILES string of the molecule is Cc1ccc2nc(CNC(=O)c3ccc(C4CCCN4)s3)[nH]c2c1.O=C(O)C(F)(F)F.O=C(O)C(F)(F)F. The van der Waals surface area contributed by atoms with E-state index in [-0.39, 0.29) is 5.91 Å². The molecule has 38 heavy (non-hydrogen) atoms. The van der Waals surface area contributed by atoms with E-state index in [0.29, 0.717) is 12.6 Å². The third kappa shape index (κ3) is 9.33. The maximum Gasteiger partial charge on any atom is 0.490 e. The van der Waals surface area contributed by atoms with E-state index in [1.807, 2.05) is 18.2 Å². The molecule has 1 fully saturated rings. The molecule has 3 heterocycles. The Morgan fingerprint density at radius 3 is 2.18 bits per heavy atom. The van der Waals surface area contributed by atoms with Crippen LogP contribution in [0.25, 0.3) is 11.0 Å². The molecule has 1 unspecified atom stereocenters. The fraction of sp³-hybridized carbons (Fsp3) is 0.364. The first kappa shape index (κ1) is 30.6. The van der Waals surface area contributed by atoms with Crippen molar-refractivity contribution in [1.29, 1.82) is 0 Å². The zero-order valence-electron chi connectivity index (χ0n) is 19.5. The van der Waals surface area contributed by atoms with E-state index in [2.05, 4.69) is 39.7 Å². The maximum atomic E-state index is 12.4. The van der Waals surface area contributed by atoms with Gasteiger partial charge in [0.1, 0.15) is 5.82 Å². The van der Waals surface area contributed by atoms with Crippen molar-refractivity contribution in [1.82, 2.24) is 20.6 Å². The Morgan fingerprint density at radius 2 is 1.66 bits per heavy atom. The highest BCUT2D eigenvalue weighted by atomic mass is 32.1. The molecule has 0 aliphatic carbocycles. The second-order valence-electron chi connectivity index (χ2n) is 7.84. The van der Waals surface area contributed by atoms with Crippen LogP contribution in [0.1, 0.15) is 44.8 Å². The minimum absolute atomic E-state index is 0.0408. The lowest BCUT2D eigenvalue weighted by atomic mass is 10.2. The highest BCUT2D eigenvalue weighted by molar-refractivity contribution is 7.14. The number of benzene rings is 1. The molecule has 9 nitrogen and oxygen atoms in total. The fourth-order valence-corrected chi connectivity index (χ4v) is 4.14. The van der Waals surface area contributed by atoms with Crippen LogP contribution in [0.2, 0.25) is 0 Å². The van der Waals surface area contributed by atoms with E-state index in [9.17, 15) is 31.1 Å². The van der Waals surface area contributed by atoms with E-state index in [1.165, 1.54) is 16.9 Å². The molecular formula is C22H22F6N4O5S. The Hall–Kier alpha value is -3.66. The van der Waals surface area contributed by atoms with Crippen LogP contribution < -0.4 is 10.6 Å². The summed E-state index contributed by atoms with van der Waals surface area (Å²) in [5, 5.41) is 20.7. The zero-order chi connectivity index (χ0) is 28.7. The molecule has 5 N–H and O–H groups in total. The second kappa shape index (κ2) is 12.7. The van der Waals surface area contributed by atoms with Crippen molar-refractivity contribution in [2.24, 2.45) is 0 Å². The Balaban J connectivity index is 0.000000301. The Bertz CT molecular complexity index is 1240. The first-order valence-corrected chi connectivity index (χ1v) is 11.6. The number of amides is 1. The van der Waals surface area contributed by atoms with Gasteiger partial charge in [-0.1, -0.05) is 6.07 Å². The molecule has 1 aromatic carbocycles. The van der Waals surface area contributed by atoms with Crippen molar-refractivity contribution < 1.29 is 50.9 Å². The Labute approximate surface area is 214 Å². The summed E-state index contributed by atoms with van der Waals surface area (Å²) in [7, 11) is 0. The standard InChI is InChI=1S/C18H20N4OS.2C2HF3O2/c1-11-4-5-12-14(9-11)22-17(21-12)10-20-18(23)16-7-6-15(24-16)13-3-2-8-19-13;2*3-2(4,5)1(6)7/h4-7,9,13,19H,2-3,8,10H2,1H3,(H,20,23)(H,21,22);2*(H,6,7). The van der Waals surface area contributed by atoms with Gasteiger partial charge in [-0.25, -0.2) is 14.6 Å². The van der Waals surface area contributed by atoms with Crippen molar-refractivity contribution in [2.75, 3.05) is 6.54 Å². The minimum Gasteiger partial charge on any atom is -0.475 e. The van der Waals surface area contributed by atoms with Crippen molar-refractivity contribution in [2.45, 2.75) is 44.7 Å². The van der Waals surface area contributed by atoms with Gasteiger partial charge in [-0.2, -0.15) is 26.3 Å². The smallest absolute Gasteiger partial charge is 0.475 e. The summed E-state index contributed by atoms with van der Waals surface area (Å²) in [5.74, 6) is -4.78. The van der Waals surface area contributed by atoms with E-state index in [0.717, 1.165) is 34.7 Å². The van der Waals surface area contributed by atoms with Gasteiger partial charge in [0.05, 0.1) is 22.5 Å². The number of thiophene rings is 1. The van der Waals surface area contributed by atoms with Gasteiger partial charge in [-0.15, -0.1) is 11.3 Å². The molecule has 2 aromatic heterocycles. The molecule has 0 radical (unpaired) electrons. The number of imidazole rings is 1. The highest BCUT2D eigenvalue weighted by Crippen LogP contribution is 2.29. The molecule has 208 valence electrons. The van der Waals surface area contributed by atoms with Gasteiger partial charge in [-0.3, -0.25) is 4.79 Å². The predicted octanol–water partition coefficient (Wildman–Crippen LogP) is 4.55. The summed E-state index contributed by atoms with van der Waals surface area (Å²) in [6.45, 7) is 3.52. The minimum atomic E-state index is -5.08. The van der Waals surface area contributed by atoms with Crippen LogP contribution in [0.3, 0.4) is 0 Å². The molecule has 16 heteroatoms. The molecule has 1 aliphatic rings. The molecule has 1 atom stereocenters. The van der Waals surface area contributed by atoms with Gasteiger partial charge in [0, 0.05) is 10.9 Å². The third-order valence-corrected chi connectivity index (χ3v) is 6.04. The molecule has 0 bridgehead atoms. The summed E-state index contributed by atoms with van der Waals surface area (Å²) < 4.78 is 63.5. The largest absolute Gasteiger partial charge is 0.490 e. The number of fused-ring (bicyclic) bond motifs is 1. The van der Waals surface area contributed by atoms with Gasteiger partial charge in [0.25, 0.3) is 5.91 Å². The first-order valence-electron chi connectivity index (χ1n) is 10.7. The number of halogens is 6. The number of aromatic nitrogens is 2. The van der Waals surface area contributed by atoms with E-state index in [1.54, 1.807) is 11.3 Å². The lowest BCUT2D eigenvalue weighted by Crippen LogP contribution is -2.22. The maximum absolute atomic E-state index is 12.4.